The molecule has 0 aliphatic carbocycles. The number of hydrogen-bond acceptors (Lipinski definition) is 6. The van der Waals surface area contributed by atoms with E-state index < -0.39 is 39.1 Å². The summed E-state index contributed by atoms with van der Waals surface area (Å²) in [6.45, 7) is 3.34. The first-order valence-corrected chi connectivity index (χ1v) is 11.9. The van der Waals surface area contributed by atoms with E-state index in [4.69, 9.17) is 5.73 Å². The van der Waals surface area contributed by atoms with Crippen molar-refractivity contribution in [1.29, 1.82) is 0 Å². The molecule has 186 valence electrons. The highest BCUT2D eigenvalue weighted by Gasteiger charge is 2.21. The fraction of sp³-hybridized carbons (Fsp3) is 0.227. The zero-order valence-corrected chi connectivity index (χ0v) is 20.0. The largest absolute Gasteiger partial charge is 0.365 e. The predicted octanol–water partition coefficient (Wildman–Crippen LogP) is 2.07. The Morgan fingerprint density at radius 2 is 1.89 bits per heavy atom. The molecule has 35 heavy (non-hydrogen) atoms. The van der Waals surface area contributed by atoms with Gasteiger partial charge in [-0.2, -0.15) is 13.1 Å². The normalized spacial score (nSPS) is 11.3. The summed E-state index contributed by atoms with van der Waals surface area (Å²) in [6.07, 6.45) is 0.883. The van der Waals surface area contributed by atoms with Crippen molar-refractivity contribution in [1.82, 2.24) is 14.3 Å². The van der Waals surface area contributed by atoms with Crippen molar-refractivity contribution in [2.45, 2.75) is 20.3 Å². The summed E-state index contributed by atoms with van der Waals surface area (Å²) in [4.78, 5) is 28.9. The van der Waals surface area contributed by atoms with Crippen LogP contribution in [0.5, 0.6) is 0 Å². The van der Waals surface area contributed by atoms with Crippen LogP contribution in [-0.4, -0.2) is 30.4 Å². The summed E-state index contributed by atoms with van der Waals surface area (Å²) in [6, 6.07) is 6.86. The molecule has 0 aliphatic heterocycles. The molecule has 0 saturated carbocycles. The Morgan fingerprint density at radius 3 is 2.51 bits per heavy atom. The number of amides is 1. The molecule has 5 N–H and O–H groups in total. The van der Waals surface area contributed by atoms with E-state index >= 15 is 0 Å². The highest BCUT2D eigenvalue weighted by Crippen LogP contribution is 2.25. The number of aryl methyl sites for hydroxylation is 1. The minimum Gasteiger partial charge on any atom is -0.365 e. The molecule has 0 radical (unpaired) electrons. The number of primary amides is 1. The fourth-order valence-electron chi connectivity index (χ4n) is 3.37. The van der Waals surface area contributed by atoms with Gasteiger partial charge in [-0.05, 0) is 42.3 Å². The zero-order chi connectivity index (χ0) is 25.9. The van der Waals surface area contributed by atoms with Gasteiger partial charge in [0.2, 0.25) is 0 Å². The zero-order valence-electron chi connectivity index (χ0n) is 19.1. The molecule has 0 unspecified atom stereocenters. The standard InChI is InChI=1S/C22H24F2N6O4S/c1-4-27-35(33,34)29-20-18(24)13(7-8-26-20)10-14-11-15(19(25)31)21(30(3)22(14)32)28-17-6-5-12(2)9-16(17)23/h5-9,11,27-28H,4,10H2,1-3H3,(H2,25,31)(H,26,29). The molecule has 0 spiro atoms. The first-order chi connectivity index (χ1) is 16.4. The van der Waals surface area contributed by atoms with Crippen LogP contribution in [0.3, 0.4) is 0 Å². The maximum atomic E-state index is 15.0. The lowest BCUT2D eigenvalue weighted by Gasteiger charge is -2.17. The lowest BCUT2D eigenvalue weighted by atomic mass is 10.0. The van der Waals surface area contributed by atoms with Gasteiger partial charge in [0.1, 0.15) is 11.6 Å². The van der Waals surface area contributed by atoms with Gasteiger partial charge in [0, 0.05) is 31.8 Å². The highest BCUT2D eigenvalue weighted by molar-refractivity contribution is 7.90. The van der Waals surface area contributed by atoms with E-state index in [-0.39, 0.29) is 41.2 Å². The van der Waals surface area contributed by atoms with Crippen molar-refractivity contribution in [2.24, 2.45) is 12.8 Å². The molecule has 10 nitrogen and oxygen atoms in total. The van der Waals surface area contributed by atoms with Gasteiger partial charge >= 0.3 is 0 Å². The molecule has 0 aliphatic rings. The van der Waals surface area contributed by atoms with E-state index in [0.29, 0.717) is 5.56 Å². The third kappa shape index (κ3) is 5.81. The number of benzene rings is 1. The number of anilines is 3. The average Bonchev–Trinajstić information content (AvgIpc) is 2.77. The van der Waals surface area contributed by atoms with Crippen LogP contribution in [0.1, 0.15) is 34.0 Å². The van der Waals surface area contributed by atoms with Crippen LogP contribution in [0.25, 0.3) is 0 Å². The molecule has 3 aromatic rings. The van der Waals surface area contributed by atoms with Crippen molar-refractivity contribution in [3.63, 3.8) is 0 Å². The maximum absolute atomic E-state index is 15.0. The molecule has 13 heteroatoms. The number of pyridine rings is 2. The molecular formula is C22H24F2N6O4S. The Kier molecular flexibility index (Phi) is 7.51. The second-order valence-electron chi connectivity index (χ2n) is 7.68. The van der Waals surface area contributed by atoms with Crippen LogP contribution in [0.15, 0.2) is 41.3 Å². The first kappa shape index (κ1) is 25.8. The summed E-state index contributed by atoms with van der Waals surface area (Å²) in [5.74, 6) is -3.07. The second-order valence-corrected chi connectivity index (χ2v) is 9.18. The van der Waals surface area contributed by atoms with E-state index in [2.05, 4.69) is 15.0 Å². The third-order valence-electron chi connectivity index (χ3n) is 5.05. The van der Waals surface area contributed by atoms with Crippen LogP contribution in [0.2, 0.25) is 0 Å². The molecule has 2 heterocycles. The minimum atomic E-state index is -4.04. The second kappa shape index (κ2) is 10.2. The van der Waals surface area contributed by atoms with E-state index in [9.17, 15) is 26.8 Å². The van der Waals surface area contributed by atoms with Crippen molar-refractivity contribution in [3.8, 4) is 0 Å². The molecule has 0 fully saturated rings. The Morgan fingerprint density at radius 1 is 1.17 bits per heavy atom. The lowest BCUT2D eigenvalue weighted by molar-refractivity contribution is 0.100. The summed E-state index contributed by atoms with van der Waals surface area (Å²) >= 11 is 0. The van der Waals surface area contributed by atoms with Gasteiger partial charge in [0.25, 0.3) is 21.7 Å². The maximum Gasteiger partial charge on any atom is 0.300 e. The van der Waals surface area contributed by atoms with Gasteiger partial charge in [-0.25, -0.2) is 13.8 Å². The van der Waals surface area contributed by atoms with Crippen LogP contribution in [0.4, 0.5) is 26.1 Å². The van der Waals surface area contributed by atoms with E-state index in [1.54, 1.807) is 19.9 Å². The molecule has 0 bridgehead atoms. The van der Waals surface area contributed by atoms with Crippen molar-refractivity contribution in [3.05, 3.63) is 80.8 Å². The number of aromatic nitrogens is 2. The first-order valence-electron chi connectivity index (χ1n) is 10.4. The summed E-state index contributed by atoms with van der Waals surface area (Å²) < 4.78 is 58.4. The fourth-order valence-corrected chi connectivity index (χ4v) is 4.22. The molecule has 1 aromatic carbocycles. The number of rotatable bonds is 9. The van der Waals surface area contributed by atoms with Crippen LogP contribution in [0, 0.1) is 18.6 Å². The van der Waals surface area contributed by atoms with Crippen LogP contribution >= 0.6 is 0 Å². The Balaban J connectivity index is 2.02. The summed E-state index contributed by atoms with van der Waals surface area (Å²) in [5, 5.41) is 2.73. The van der Waals surface area contributed by atoms with Gasteiger partial charge in [-0.15, -0.1) is 0 Å². The third-order valence-corrected chi connectivity index (χ3v) is 6.18. The lowest BCUT2D eigenvalue weighted by Crippen LogP contribution is -2.30. The Labute approximate surface area is 200 Å². The quantitative estimate of drug-likeness (QED) is 0.349. The van der Waals surface area contributed by atoms with Gasteiger partial charge in [0.05, 0.1) is 11.3 Å². The number of halogens is 2. The molecule has 1 amide bonds. The molecule has 3 rings (SSSR count). The van der Waals surface area contributed by atoms with Crippen molar-refractivity contribution in [2.75, 3.05) is 16.6 Å². The van der Waals surface area contributed by atoms with Gasteiger partial charge in [-0.3, -0.25) is 18.9 Å². The topological polar surface area (TPSA) is 148 Å². The van der Waals surface area contributed by atoms with Crippen LogP contribution < -0.4 is 26.1 Å². The number of nitrogens with two attached hydrogens (primary N) is 1. The van der Waals surface area contributed by atoms with Crippen molar-refractivity contribution >= 4 is 33.4 Å². The smallest absolute Gasteiger partial charge is 0.300 e. The van der Waals surface area contributed by atoms with Crippen LogP contribution in [-0.2, 0) is 23.7 Å². The average molecular weight is 507 g/mol. The van der Waals surface area contributed by atoms with Gasteiger partial charge < -0.3 is 11.1 Å². The minimum absolute atomic E-state index is 0.00168. The van der Waals surface area contributed by atoms with E-state index in [1.807, 2.05) is 4.72 Å². The Bertz CT molecular complexity index is 1460. The summed E-state index contributed by atoms with van der Waals surface area (Å²) in [7, 11) is -2.69. The SMILES string of the molecule is CCNS(=O)(=O)Nc1nccc(Cc2cc(C(N)=O)c(Nc3ccc(C)cc3F)n(C)c2=O)c1F. The Hall–Kier alpha value is -3.84. The molecule has 0 saturated heterocycles. The number of carbonyl (C=O) groups is 1. The predicted molar refractivity (Wildman–Crippen MR) is 128 cm³/mol. The number of hydrogen-bond donors (Lipinski definition) is 4. The van der Waals surface area contributed by atoms with Gasteiger partial charge in [-0.1, -0.05) is 13.0 Å². The summed E-state index contributed by atoms with van der Waals surface area (Å²) in [5.41, 5.74) is 5.44. The number of nitrogens with one attached hydrogen (secondary N) is 3. The number of nitrogens with zero attached hydrogens (tertiary/aromatic N) is 2. The molecule has 2 aromatic heterocycles. The van der Waals surface area contributed by atoms with E-state index in [0.717, 1.165) is 4.57 Å². The monoisotopic (exact) mass is 506 g/mol. The number of carbonyl (C=O) groups excluding carboxylic acids is 1. The molecule has 0 atom stereocenters. The highest BCUT2D eigenvalue weighted by atomic mass is 32.2. The van der Waals surface area contributed by atoms with Gasteiger partial charge in [0.15, 0.2) is 11.6 Å². The van der Waals surface area contributed by atoms with E-state index in [1.165, 1.54) is 37.5 Å². The molecular weight excluding hydrogens is 482 g/mol. The van der Waals surface area contributed by atoms with Crippen molar-refractivity contribution < 1.29 is 22.0 Å².